The molecule has 2 aromatic carbocycles. The summed E-state index contributed by atoms with van der Waals surface area (Å²) < 4.78 is 5.54. The first kappa shape index (κ1) is 17.1. The van der Waals surface area contributed by atoms with Gasteiger partial charge in [0.2, 0.25) is 0 Å². The van der Waals surface area contributed by atoms with Crippen LogP contribution in [0.2, 0.25) is 0 Å². The van der Waals surface area contributed by atoms with E-state index in [0.29, 0.717) is 0 Å². The third-order valence-corrected chi connectivity index (χ3v) is 4.18. The second-order valence-corrected chi connectivity index (χ2v) is 5.99. The second kappa shape index (κ2) is 7.80. The van der Waals surface area contributed by atoms with Crippen LogP contribution in [0.1, 0.15) is 24.0 Å². The molecular weight excluding hydrogens is 284 g/mol. The number of benzene rings is 2. The minimum Gasteiger partial charge on any atom is -0.496 e. The largest absolute Gasteiger partial charge is 0.496 e. The van der Waals surface area contributed by atoms with Crippen molar-refractivity contribution in [1.29, 1.82) is 5.26 Å². The maximum absolute atomic E-state index is 10.1. The van der Waals surface area contributed by atoms with E-state index in [1.807, 2.05) is 54.6 Å². The second-order valence-electron chi connectivity index (χ2n) is 5.99. The summed E-state index contributed by atoms with van der Waals surface area (Å²) in [6, 6.07) is 20.5. The number of ether oxygens (including phenoxy) is 1. The lowest BCUT2D eigenvalue weighted by Gasteiger charge is -2.30. The molecule has 0 amide bonds. The van der Waals surface area contributed by atoms with Gasteiger partial charge in [-0.2, -0.15) is 5.26 Å². The Labute approximate surface area is 139 Å². The summed E-state index contributed by atoms with van der Waals surface area (Å²) in [5.74, 6) is 0.766. The molecule has 0 aromatic heterocycles. The van der Waals surface area contributed by atoms with Gasteiger partial charge in [-0.15, -0.1) is 0 Å². The average Bonchev–Trinajstić information content (AvgIpc) is 2.59. The van der Waals surface area contributed by atoms with Crippen molar-refractivity contribution in [2.24, 2.45) is 0 Å². The van der Waals surface area contributed by atoms with Gasteiger partial charge in [-0.1, -0.05) is 48.5 Å². The van der Waals surface area contributed by atoms with Crippen LogP contribution >= 0.6 is 0 Å². The van der Waals surface area contributed by atoms with Crippen LogP contribution in [0.25, 0.3) is 0 Å². The van der Waals surface area contributed by atoms with E-state index in [1.165, 1.54) is 0 Å². The Morgan fingerprint density at radius 3 is 2.30 bits per heavy atom. The van der Waals surface area contributed by atoms with E-state index in [4.69, 9.17) is 4.74 Å². The summed E-state index contributed by atoms with van der Waals surface area (Å²) >= 11 is 0. The molecule has 2 aromatic rings. The Kier molecular flexibility index (Phi) is 5.78. The van der Waals surface area contributed by atoms with E-state index >= 15 is 0 Å². The van der Waals surface area contributed by atoms with Crippen molar-refractivity contribution in [1.82, 2.24) is 4.90 Å². The fourth-order valence-corrected chi connectivity index (χ4v) is 3.00. The molecule has 1 unspecified atom stereocenters. The SMILES string of the molecule is COc1ccccc1C(C#N)(CCCN(C)C)c1ccccc1. The van der Waals surface area contributed by atoms with E-state index < -0.39 is 5.41 Å². The summed E-state index contributed by atoms with van der Waals surface area (Å²) in [5.41, 5.74) is 1.27. The van der Waals surface area contributed by atoms with Crippen molar-refractivity contribution in [2.75, 3.05) is 27.7 Å². The van der Waals surface area contributed by atoms with E-state index in [2.05, 4.69) is 25.1 Å². The van der Waals surface area contributed by atoms with Crippen molar-refractivity contribution in [3.8, 4) is 11.8 Å². The standard InChI is InChI=1S/C20H24N2O/c1-22(2)15-9-14-20(16-21,17-10-5-4-6-11-17)18-12-7-8-13-19(18)23-3/h4-8,10-13H,9,14-15H2,1-3H3. The number of para-hydroxylation sites is 1. The highest BCUT2D eigenvalue weighted by molar-refractivity contribution is 5.52. The van der Waals surface area contributed by atoms with Gasteiger partial charge in [-0.3, -0.25) is 0 Å². The third-order valence-electron chi connectivity index (χ3n) is 4.18. The predicted octanol–water partition coefficient (Wildman–Crippen LogP) is 3.85. The molecule has 120 valence electrons. The summed E-state index contributed by atoms with van der Waals surface area (Å²) in [6.45, 7) is 0.950. The number of methoxy groups -OCH3 is 1. The molecule has 0 fully saturated rings. The van der Waals surface area contributed by atoms with Crippen molar-refractivity contribution >= 4 is 0 Å². The maximum Gasteiger partial charge on any atom is 0.124 e. The lowest BCUT2D eigenvalue weighted by atomic mass is 9.72. The van der Waals surface area contributed by atoms with Gasteiger partial charge in [0.15, 0.2) is 0 Å². The molecule has 0 radical (unpaired) electrons. The minimum absolute atomic E-state index is 0.691. The van der Waals surface area contributed by atoms with Crippen LogP contribution in [-0.2, 0) is 5.41 Å². The Morgan fingerprint density at radius 1 is 1.04 bits per heavy atom. The topological polar surface area (TPSA) is 36.3 Å². The van der Waals surface area contributed by atoms with Crippen LogP contribution in [0.4, 0.5) is 0 Å². The lowest BCUT2D eigenvalue weighted by molar-refractivity contribution is 0.370. The number of hydrogen-bond donors (Lipinski definition) is 0. The van der Waals surface area contributed by atoms with Crippen LogP contribution < -0.4 is 4.74 Å². The monoisotopic (exact) mass is 308 g/mol. The van der Waals surface area contributed by atoms with E-state index in [0.717, 1.165) is 36.3 Å². The van der Waals surface area contributed by atoms with Crippen molar-refractivity contribution in [3.05, 3.63) is 65.7 Å². The molecule has 0 saturated heterocycles. The molecule has 1 atom stereocenters. The summed E-state index contributed by atoms with van der Waals surface area (Å²) in [7, 11) is 5.77. The molecule has 0 aliphatic carbocycles. The zero-order valence-electron chi connectivity index (χ0n) is 14.1. The lowest BCUT2D eigenvalue weighted by Crippen LogP contribution is -2.28. The van der Waals surface area contributed by atoms with Crippen LogP contribution in [0.3, 0.4) is 0 Å². The number of nitrogens with zero attached hydrogens (tertiary/aromatic N) is 2. The number of hydrogen-bond acceptors (Lipinski definition) is 3. The summed E-state index contributed by atoms with van der Waals surface area (Å²) in [5, 5.41) is 10.1. The molecule has 0 aliphatic heterocycles. The van der Waals surface area contributed by atoms with Gasteiger partial charge in [0.25, 0.3) is 0 Å². The first-order chi connectivity index (χ1) is 11.1. The summed E-state index contributed by atoms with van der Waals surface area (Å²) in [4.78, 5) is 2.15. The fraction of sp³-hybridized carbons (Fsp3) is 0.350. The molecule has 2 rings (SSSR count). The van der Waals surface area contributed by atoms with E-state index in [9.17, 15) is 5.26 Å². The van der Waals surface area contributed by atoms with Crippen LogP contribution in [-0.4, -0.2) is 32.6 Å². The Bertz CT molecular complexity index is 661. The zero-order chi connectivity index (χ0) is 16.7. The third kappa shape index (κ3) is 3.72. The molecule has 0 spiro atoms. The van der Waals surface area contributed by atoms with Crippen molar-refractivity contribution < 1.29 is 4.74 Å². The van der Waals surface area contributed by atoms with E-state index in [-0.39, 0.29) is 0 Å². The highest BCUT2D eigenvalue weighted by Gasteiger charge is 2.36. The number of nitriles is 1. The van der Waals surface area contributed by atoms with Gasteiger partial charge in [0.05, 0.1) is 13.2 Å². The van der Waals surface area contributed by atoms with Crippen LogP contribution in [0, 0.1) is 11.3 Å². The zero-order valence-corrected chi connectivity index (χ0v) is 14.1. The number of rotatable bonds is 7. The van der Waals surface area contributed by atoms with Crippen LogP contribution in [0.5, 0.6) is 5.75 Å². The predicted molar refractivity (Wildman–Crippen MR) is 93.6 cm³/mol. The maximum atomic E-state index is 10.1. The molecular formula is C20H24N2O. The molecule has 0 N–H and O–H groups in total. The van der Waals surface area contributed by atoms with Crippen LogP contribution in [0.15, 0.2) is 54.6 Å². The molecule has 23 heavy (non-hydrogen) atoms. The normalized spacial score (nSPS) is 13.3. The van der Waals surface area contributed by atoms with Gasteiger partial charge in [-0.25, -0.2) is 0 Å². The Hall–Kier alpha value is -2.31. The fourth-order valence-electron chi connectivity index (χ4n) is 3.00. The molecule has 3 nitrogen and oxygen atoms in total. The Balaban J connectivity index is 2.52. The minimum atomic E-state index is -0.691. The molecule has 0 bridgehead atoms. The smallest absolute Gasteiger partial charge is 0.124 e. The molecule has 3 heteroatoms. The van der Waals surface area contributed by atoms with E-state index in [1.54, 1.807) is 7.11 Å². The van der Waals surface area contributed by atoms with Gasteiger partial charge in [0.1, 0.15) is 11.2 Å². The molecule has 0 heterocycles. The highest BCUT2D eigenvalue weighted by atomic mass is 16.5. The van der Waals surface area contributed by atoms with Gasteiger partial charge >= 0.3 is 0 Å². The average molecular weight is 308 g/mol. The molecule has 0 saturated carbocycles. The quantitative estimate of drug-likeness (QED) is 0.779. The van der Waals surface area contributed by atoms with Crippen molar-refractivity contribution in [2.45, 2.75) is 18.3 Å². The Morgan fingerprint density at radius 2 is 1.70 bits per heavy atom. The first-order valence-electron chi connectivity index (χ1n) is 7.89. The van der Waals surface area contributed by atoms with Gasteiger partial charge in [-0.05, 0) is 45.1 Å². The van der Waals surface area contributed by atoms with Gasteiger partial charge in [0, 0.05) is 5.56 Å². The summed E-state index contributed by atoms with van der Waals surface area (Å²) in [6.07, 6.45) is 1.69. The van der Waals surface area contributed by atoms with Crippen molar-refractivity contribution in [3.63, 3.8) is 0 Å². The van der Waals surface area contributed by atoms with Gasteiger partial charge < -0.3 is 9.64 Å². The first-order valence-corrected chi connectivity index (χ1v) is 7.89. The highest BCUT2D eigenvalue weighted by Crippen LogP contribution is 2.40. The molecule has 0 aliphatic rings.